The number of rotatable bonds is 8. The SMILES string of the molecule is OB(O)OCCCCCCc1cccc(Cl)c1. The first-order valence-electron chi connectivity index (χ1n) is 5.90. The van der Waals surface area contributed by atoms with Crippen molar-refractivity contribution >= 4 is 18.9 Å². The van der Waals surface area contributed by atoms with Gasteiger partial charge in [0.15, 0.2) is 0 Å². The molecule has 17 heavy (non-hydrogen) atoms. The molecule has 1 aromatic rings. The van der Waals surface area contributed by atoms with Crippen molar-refractivity contribution in [2.75, 3.05) is 6.61 Å². The third-order valence-electron chi connectivity index (χ3n) is 2.52. The van der Waals surface area contributed by atoms with E-state index in [9.17, 15) is 0 Å². The normalized spacial score (nSPS) is 10.5. The highest BCUT2D eigenvalue weighted by molar-refractivity contribution is 6.32. The lowest BCUT2D eigenvalue weighted by Gasteiger charge is -2.03. The Hall–Kier alpha value is -0.545. The number of aryl methyl sites for hydroxylation is 1. The van der Waals surface area contributed by atoms with Crippen LogP contribution >= 0.6 is 11.6 Å². The minimum atomic E-state index is -1.64. The van der Waals surface area contributed by atoms with Crippen molar-refractivity contribution in [3.05, 3.63) is 34.9 Å². The molecule has 0 unspecified atom stereocenters. The van der Waals surface area contributed by atoms with E-state index in [1.165, 1.54) is 5.56 Å². The van der Waals surface area contributed by atoms with Gasteiger partial charge in [0.1, 0.15) is 0 Å². The zero-order valence-corrected chi connectivity index (χ0v) is 10.6. The van der Waals surface area contributed by atoms with Crippen LogP contribution < -0.4 is 0 Å². The summed E-state index contributed by atoms with van der Waals surface area (Å²) in [6, 6.07) is 7.92. The molecule has 0 fully saturated rings. The van der Waals surface area contributed by atoms with Gasteiger partial charge in [0.2, 0.25) is 0 Å². The molecular formula is C12H18BClO3. The zero-order valence-electron chi connectivity index (χ0n) is 9.81. The van der Waals surface area contributed by atoms with Crippen molar-refractivity contribution < 1.29 is 14.7 Å². The van der Waals surface area contributed by atoms with Gasteiger partial charge < -0.3 is 14.7 Å². The minimum absolute atomic E-state index is 0.398. The van der Waals surface area contributed by atoms with Crippen LogP contribution in [0.5, 0.6) is 0 Å². The first-order chi connectivity index (χ1) is 8.18. The Bertz CT molecular complexity index is 320. The van der Waals surface area contributed by atoms with E-state index in [2.05, 4.69) is 10.7 Å². The predicted molar refractivity (Wildman–Crippen MR) is 69.8 cm³/mol. The van der Waals surface area contributed by atoms with Gasteiger partial charge in [-0.05, 0) is 37.0 Å². The maximum atomic E-state index is 8.45. The highest BCUT2D eigenvalue weighted by atomic mass is 35.5. The summed E-state index contributed by atoms with van der Waals surface area (Å²) in [5, 5.41) is 17.7. The van der Waals surface area contributed by atoms with Crippen LogP contribution in [0.1, 0.15) is 31.2 Å². The van der Waals surface area contributed by atoms with Crippen LogP contribution in [0.3, 0.4) is 0 Å². The summed E-state index contributed by atoms with van der Waals surface area (Å²) in [7, 11) is -1.64. The predicted octanol–water partition coefficient (Wildman–Crippen LogP) is 2.43. The third-order valence-corrected chi connectivity index (χ3v) is 2.75. The molecule has 3 nitrogen and oxygen atoms in total. The van der Waals surface area contributed by atoms with Crippen LogP contribution in [0.2, 0.25) is 5.02 Å². The van der Waals surface area contributed by atoms with E-state index in [4.69, 9.17) is 21.6 Å². The molecule has 2 N–H and O–H groups in total. The number of hydrogen-bond acceptors (Lipinski definition) is 3. The van der Waals surface area contributed by atoms with E-state index in [-0.39, 0.29) is 0 Å². The number of benzene rings is 1. The van der Waals surface area contributed by atoms with E-state index in [0.717, 1.165) is 37.1 Å². The summed E-state index contributed by atoms with van der Waals surface area (Å²) in [4.78, 5) is 0. The number of hydrogen-bond donors (Lipinski definition) is 2. The van der Waals surface area contributed by atoms with Crippen molar-refractivity contribution in [2.45, 2.75) is 32.1 Å². The second-order valence-corrected chi connectivity index (χ2v) is 4.43. The lowest BCUT2D eigenvalue weighted by Crippen LogP contribution is -2.17. The van der Waals surface area contributed by atoms with E-state index < -0.39 is 7.32 Å². The van der Waals surface area contributed by atoms with Gasteiger partial charge in [-0.2, -0.15) is 0 Å². The van der Waals surface area contributed by atoms with E-state index in [0.29, 0.717) is 6.61 Å². The molecule has 0 bridgehead atoms. The molecule has 0 heterocycles. The van der Waals surface area contributed by atoms with Gasteiger partial charge in [-0.25, -0.2) is 0 Å². The second kappa shape index (κ2) is 8.53. The first-order valence-corrected chi connectivity index (χ1v) is 6.28. The van der Waals surface area contributed by atoms with E-state index >= 15 is 0 Å². The smallest absolute Gasteiger partial charge is 0.402 e. The molecular weight excluding hydrogens is 238 g/mol. The van der Waals surface area contributed by atoms with Crippen molar-refractivity contribution in [3.63, 3.8) is 0 Å². The summed E-state index contributed by atoms with van der Waals surface area (Å²) < 4.78 is 4.62. The second-order valence-electron chi connectivity index (χ2n) is 3.99. The lowest BCUT2D eigenvalue weighted by molar-refractivity contribution is 0.182. The Morgan fingerprint density at radius 2 is 1.88 bits per heavy atom. The molecule has 0 saturated heterocycles. The topological polar surface area (TPSA) is 49.7 Å². The van der Waals surface area contributed by atoms with E-state index in [1.807, 2.05) is 18.2 Å². The molecule has 0 saturated carbocycles. The third kappa shape index (κ3) is 7.39. The van der Waals surface area contributed by atoms with Gasteiger partial charge >= 0.3 is 7.32 Å². The van der Waals surface area contributed by atoms with Crippen molar-refractivity contribution in [3.8, 4) is 0 Å². The standard InChI is InChI=1S/C12H18BClO3/c14-12-8-5-7-11(10-12)6-3-1-2-4-9-17-13(15)16/h5,7-8,10,15-16H,1-4,6,9H2. The summed E-state index contributed by atoms with van der Waals surface area (Å²) in [6.45, 7) is 0.398. The fraction of sp³-hybridized carbons (Fsp3) is 0.500. The average molecular weight is 257 g/mol. The highest BCUT2D eigenvalue weighted by Gasteiger charge is 2.06. The van der Waals surface area contributed by atoms with Crippen LogP contribution in [-0.4, -0.2) is 24.0 Å². The average Bonchev–Trinajstić information content (AvgIpc) is 2.27. The van der Waals surface area contributed by atoms with Gasteiger partial charge in [-0.3, -0.25) is 0 Å². The maximum Gasteiger partial charge on any atom is 0.633 e. The maximum absolute atomic E-state index is 8.45. The zero-order chi connectivity index (χ0) is 12.5. The van der Waals surface area contributed by atoms with Gasteiger partial charge in [0, 0.05) is 11.6 Å². The molecule has 0 aromatic heterocycles. The van der Waals surface area contributed by atoms with Crippen LogP contribution in [-0.2, 0) is 11.1 Å². The van der Waals surface area contributed by atoms with Crippen LogP contribution in [0, 0.1) is 0 Å². The number of unbranched alkanes of at least 4 members (excludes halogenated alkanes) is 3. The largest absolute Gasteiger partial charge is 0.633 e. The Labute approximate surface area is 108 Å². The molecule has 1 rings (SSSR count). The summed E-state index contributed by atoms with van der Waals surface area (Å²) >= 11 is 5.89. The summed E-state index contributed by atoms with van der Waals surface area (Å²) in [5.41, 5.74) is 1.26. The Morgan fingerprint density at radius 1 is 1.12 bits per heavy atom. The Balaban J connectivity index is 2.01. The molecule has 0 aliphatic carbocycles. The van der Waals surface area contributed by atoms with Gasteiger partial charge in [-0.1, -0.05) is 36.6 Å². The van der Waals surface area contributed by atoms with Crippen molar-refractivity contribution in [1.29, 1.82) is 0 Å². The van der Waals surface area contributed by atoms with Gasteiger partial charge in [0.25, 0.3) is 0 Å². The monoisotopic (exact) mass is 256 g/mol. The van der Waals surface area contributed by atoms with E-state index in [1.54, 1.807) is 0 Å². The molecule has 94 valence electrons. The molecule has 1 aromatic carbocycles. The van der Waals surface area contributed by atoms with Crippen molar-refractivity contribution in [1.82, 2.24) is 0 Å². The molecule has 5 heteroatoms. The Kier molecular flexibility index (Phi) is 7.28. The lowest BCUT2D eigenvalue weighted by atomic mass is 10.1. The molecule has 0 amide bonds. The molecule has 0 aliphatic rings. The van der Waals surface area contributed by atoms with Gasteiger partial charge in [-0.15, -0.1) is 0 Å². The fourth-order valence-corrected chi connectivity index (χ4v) is 1.88. The molecule has 0 spiro atoms. The molecule has 0 aliphatic heterocycles. The van der Waals surface area contributed by atoms with Gasteiger partial charge in [0.05, 0.1) is 0 Å². The highest BCUT2D eigenvalue weighted by Crippen LogP contribution is 2.13. The first kappa shape index (κ1) is 14.5. The van der Waals surface area contributed by atoms with Crippen molar-refractivity contribution in [2.24, 2.45) is 0 Å². The minimum Gasteiger partial charge on any atom is -0.402 e. The fourth-order valence-electron chi connectivity index (χ4n) is 1.67. The summed E-state index contributed by atoms with van der Waals surface area (Å²) in [6.07, 6.45) is 5.14. The quantitative estimate of drug-likeness (QED) is 0.555. The number of halogens is 1. The van der Waals surface area contributed by atoms with Crippen LogP contribution in [0.25, 0.3) is 0 Å². The van der Waals surface area contributed by atoms with Crippen LogP contribution in [0.4, 0.5) is 0 Å². The summed E-state index contributed by atoms with van der Waals surface area (Å²) in [5.74, 6) is 0. The Morgan fingerprint density at radius 3 is 2.59 bits per heavy atom. The van der Waals surface area contributed by atoms with Crippen LogP contribution in [0.15, 0.2) is 24.3 Å². The molecule has 0 atom stereocenters. The molecule has 0 radical (unpaired) electrons.